The van der Waals surface area contributed by atoms with Crippen molar-refractivity contribution in [3.63, 3.8) is 0 Å². The van der Waals surface area contributed by atoms with Gasteiger partial charge in [0.2, 0.25) is 5.91 Å². The van der Waals surface area contributed by atoms with Gasteiger partial charge in [-0.15, -0.1) is 0 Å². The first kappa shape index (κ1) is 8.05. The summed E-state index contributed by atoms with van der Waals surface area (Å²) in [5, 5.41) is 0. The SMILES string of the molecule is C[C@@H]1CCCN1C(=O)C1(N)CC1. The molecule has 1 heterocycles. The lowest BCUT2D eigenvalue weighted by Gasteiger charge is -2.24. The van der Waals surface area contributed by atoms with E-state index >= 15 is 0 Å². The second-order valence-electron chi connectivity index (χ2n) is 4.15. The molecule has 3 heteroatoms. The standard InChI is InChI=1S/C9H16N2O/c1-7-3-2-6-11(7)8(12)9(10)4-5-9/h7H,2-6,10H2,1H3/t7-/m1/s1. The van der Waals surface area contributed by atoms with Crippen molar-refractivity contribution >= 4 is 5.91 Å². The van der Waals surface area contributed by atoms with Gasteiger partial charge in [-0.25, -0.2) is 0 Å². The molecule has 1 aliphatic heterocycles. The molecular weight excluding hydrogens is 152 g/mol. The largest absolute Gasteiger partial charge is 0.338 e. The molecule has 1 saturated carbocycles. The third-order valence-electron chi connectivity index (χ3n) is 3.03. The zero-order valence-corrected chi connectivity index (χ0v) is 7.55. The van der Waals surface area contributed by atoms with Crippen LogP contribution in [0.2, 0.25) is 0 Å². The number of nitrogens with zero attached hydrogens (tertiary/aromatic N) is 1. The summed E-state index contributed by atoms with van der Waals surface area (Å²) in [5.74, 6) is 0.188. The van der Waals surface area contributed by atoms with Gasteiger partial charge in [-0.2, -0.15) is 0 Å². The smallest absolute Gasteiger partial charge is 0.242 e. The summed E-state index contributed by atoms with van der Waals surface area (Å²) >= 11 is 0. The van der Waals surface area contributed by atoms with Gasteiger partial charge < -0.3 is 10.6 Å². The molecule has 2 fully saturated rings. The highest BCUT2D eigenvalue weighted by atomic mass is 16.2. The third kappa shape index (κ3) is 1.12. The van der Waals surface area contributed by atoms with Crippen LogP contribution >= 0.6 is 0 Å². The van der Waals surface area contributed by atoms with Gasteiger partial charge in [0.1, 0.15) is 0 Å². The van der Waals surface area contributed by atoms with Gasteiger partial charge in [-0.1, -0.05) is 0 Å². The molecule has 0 spiro atoms. The number of carbonyl (C=O) groups excluding carboxylic acids is 1. The monoisotopic (exact) mass is 168 g/mol. The molecule has 0 aromatic carbocycles. The Bertz CT molecular complexity index is 211. The van der Waals surface area contributed by atoms with Crippen LogP contribution in [0.25, 0.3) is 0 Å². The summed E-state index contributed by atoms with van der Waals surface area (Å²) < 4.78 is 0. The van der Waals surface area contributed by atoms with E-state index in [1.807, 2.05) is 4.90 Å². The quantitative estimate of drug-likeness (QED) is 0.619. The van der Waals surface area contributed by atoms with Crippen LogP contribution in [0.3, 0.4) is 0 Å². The lowest BCUT2D eigenvalue weighted by atomic mass is 10.2. The highest BCUT2D eigenvalue weighted by molar-refractivity contribution is 5.89. The Labute approximate surface area is 72.9 Å². The number of amides is 1. The van der Waals surface area contributed by atoms with E-state index in [-0.39, 0.29) is 5.91 Å². The number of hydrogen-bond donors (Lipinski definition) is 1. The minimum atomic E-state index is -0.460. The molecule has 2 N–H and O–H groups in total. The van der Waals surface area contributed by atoms with Gasteiger partial charge in [0.15, 0.2) is 0 Å². The molecule has 0 aromatic rings. The molecule has 0 aromatic heterocycles. The van der Waals surface area contributed by atoms with Gasteiger partial charge in [-0.3, -0.25) is 4.79 Å². The third-order valence-corrected chi connectivity index (χ3v) is 3.03. The molecule has 0 radical (unpaired) electrons. The van der Waals surface area contributed by atoms with E-state index in [0.717, 1.165) is 32.2 Å². The molecule has 0 bridgehead atoms. The Morgan fingerprint density at radius 3 is 2.67 bits per heavy atom. The van der Waals surface area contributed by atoms with Crippen LogP contribution in [-0.2, 0) is 4.79 Å². The number of nitrogens with two attached hydrogens (primary N) is 1. The summed E-state index contributed by atoms with van der Waals surface area (Å²) in [4.78, 5) is 13.7. The van der Waals surface area contributed by atoms with Crippen molar-refractivity contribution in [3.8, 4) is 0 Å². The van der Waals surface area contributed by atoms with Crippen LogP contribution in [-0.4, -0.2) is 28.9 Å². The number of hydrogen-bond acceptors (Lipinski definition) is 2. The molecule has 2 rings (SSSR count). The van der Waals surface area contributed by atoms with E-state index < -0.39 is 5.54 Å². The summed E-state index contributed by atoms with van der Waals surface area (Å²) in [6.45, 7) is 3.02. The van der Waals surface area contributed by atoms with E-state index in [4.69, 9.17) is 5.73 Å². The van der Waals surface area contributed by atoms with E-state index in [2.05, 4.69) is 6.92 Å². The molecule has 12 heavy (non-hydrogen) atoms. The fourth-order valence-electron chi connectivity index (χ4n) is 1.87. The normalized spacial score (nSPS) is 32.2. The Morgan fingerprint density at radius 1 is 1.58 bits per heavy atom. The van der Waals surface area contributed by atoms with Gasteiger partial charge in [-0.05, 0) is 32.6 Å². The first-order valence-electron chi connectivity index (χ1n) is 4.73. The van der Waals surface area contributed by atoms with Crippen LogP contribution in [0.5, 0.6) is 0 Å². The van der Waals surface area contributed by atoms with Crippen molar-refractivity contribution in [1.29, 1.82) is 0 Å². The van der Waals surface area contributed by atoms with Crippen molar-refractivity contribution < 1.29 is 4.79 Å². The molecule has 3 nitrogen and oxygen atoms in total. The predicted molar refractivity (Wildman–Crippen MR) is 46.6 cm³/mol. The zero-order chi connectivity index (χ0) is 8.77. The Hall–Kier alpha value is -0.570. The first-order chi connectivity index (χ1) is 5.63. The van der Waals surface area contributed by atoms with Gasteiger partial charge in [0, 0.05) is 12.6 Å². The highest BCUT2D eigenvalue weighted by Crippen LogP contribution is 2.36. The van der Waals surface area contributed by atoms with E-state index in [0.29, 0.717) is 6.04 Å². The second-order valence-corrected chi connectivity index (χ2v) is 4.15. The van der Waals surface area contributed by atoms with Crippen LogP contribution in [0.4, 0.5) is 0 Å². The molecule has 1 atom stereocenters. The minimum absolute atomic E-state index is 0.188. The summed E-state index contributed by atoms with van der Waals surface area (Å²) in [6, 6.07) is 0.415. The van der Waals surface area contributed by atoms with Gasteiger partial charge in [0.25, 0.3) is 0 Å². The van der Waals surface area contributed by atoms with E-state index in [9.17, 15) is 4.79 Å². The molecule has 1 amide bonds. The van der Waals surface area contributed by atoms with Crippen molar-refractivity contribution in [2.75, 3.05) is 6.54 Å². The number of rotatable bonds is 1. The lowest BCUT2D eigenvalue weighted by Crippen LogP contribution is -2.46. The van der Waals surface area contributed by atoms with Crippen molar-refractivity contribution in [1.82, 2.24) is 4.90 Å². The Balaban J connectivity index is 2.04. The van der Waals surface area contributed by atoms with Crippen LogP contribution in [0.1, 0.15) is 32.6 Å². The zero-order valence-electron chi connectivity index (χ0n) is 7.55. The van der Waals surface area contributed by atoms with Crippen LogP contribution < -0.4 is 5.73 Å². The summed E-state index contributed by atoms with van der Waals surface area (Å²) in [5.41, 5.74) is 5.38. The average Bonchev–Trinajstić information content (AvgIpc) is 2.63. The molecule has 0 unspecified atom stereocenters. The van der Waals surface area contributed by atoms with Crippen molar-refractivity contribution in [2.45, 2.75) is 44.2 Å². The van der Waals surface area contributed by atoms with Crippen molar-refractivity contribution in [2.24, 2.45) is 5.73 Å². The Morgan fingerprint density at radius 2 is 2.25 bits per heavy atom. The Kier molecular flexibility index (Phi) is 1.65. The maximum Gasteiger partial charge on any atom is 0.242 e. The number of likely N-dealkylation sites (tertiary alicyclic amines) is 1. The fraction of sp³-hybridized carbons (Fsp3) is 0.889. The molecule has 1 aliphatic carbocycles. The maximum absolute atomic E-state index is 11.7. The average molecular weight is 168 g/mol. The van der Waals surface area contributed by atoms with E-state index in [1.54, 1.807) is 0 Å². The molecule has 2 aliphatic rings. The maximum atomic E-state index is 11.7. The first-order valence-corrected chi connectivity index (χ1v) is 4.73. The lowest BCUT2D eigenvalue weighted by molar-refractivity contribution is -0.134. The predicted octanol–water partition coefficient (Wildman–Crippen LogP) is 0.489. The van der Waals surface area contributed by atoms with Gasteiger partial charge in [0.05, 0.1) is 5.54 Å². The highest BCUT2D eigenvalue weighted by Gasteiger charge is 2.49. The molecule has 68 valence electrons. The van der Waals surface area contributed by atoms with Crippen molar-refractivity contribution in [3.05, 3.63) is 0 Å². The molecular formula is C9H16N2O. The van der Waals surface area contributed by atoms with Crippen LogP contribution in [0.15, 0.2) is 0 Å². The minimum Gasteiger partial charge on any atom is -0.338 e. The van der Waals surface area contributed by atoms with Gasteiger partial charge >= 0.3 is 0 Å². The summed E-state index contributed by atoms with van der Waals surface area (Å²) in [7, 11) is 0. The number of carbonyl (C=O) groups is 1. The fourth-order valence-corrected chi connectivity index (χ4v) is 1.87. The summed E-state index contributed by atoms with van der Waals surface area (Å²) in [6.07, 6.45) is 4.05. The van der Waals surface area contributed by atoms with Crippen LogP contribution in [0, 0.1) is 0 Å². The second kappa shape index (κ2) is 2.46. The topological polar surface area (TPSA) is 46.3 Å². The van der Waals surface area contributed by atoms with E-state index in [1.165, 1.54) is 0 Å². The molecule has 1 saturated heterocycles.